The third-order valence-electron chi connectivity index (χ3n) is 2.32. The van der Waals surface area contributed by atoms with Crippen LogP contribution in [0.25, 0.3) is 6.08 Å². The molecule has 7 heteroatoms. The summed E-state index contributed by atoms with van der Waals surface area (Å²) >= 11 is 0. The van der Waals surface area contributed by atoms with E-state index in [1.165, 1.54) is 6.07 Å². The van der Waals surface area contributed by atoms with E-state index in [2.05, 4.69) is 0 Å². The van der Waals surface area contributed by atoms with Crippen molar-refractivity contribution in [3.63, 3.8) is 0 Å². The Morgan fingerprint density at radius 3 is 2.35 bits per heavy atom. The van der Waals surface area contributed by atoms with E-state index >= 15 is 0 Å². The molecule has 0 saturated heterocycles. The van der Waals surface area contributed by atoms with Crippen LogP contribution < -0.4 is 5.14 Å². The smallest absolute Gasteiger partial charge is 0.238 e. The number of benzene rings is 1. The Bertz CT molecular complexity index is 539. The van der Waals surface area contributed by atoms with Gasteiger partial charge in [-0.2, -0.15) is 0 Å². The summed E-state index contributed by atoms with van der Waals surface area (Å²) in [5.74, 6) is 0. The fourth-order valence-corrected chi connectivity index (χ4v) is 3.45. The fourth-order valence-electron chi connectivity index (χ4n) is 1.57. The van der Waals surface area contributed by atoms with Crippen molar-refractivity contribution < 1.29 is 17.5 Å². The highest BCUT2D eigenvalue weighted by molar-refractivity contribution is 7.89. The number of sulfonamides is 1. The zero-order valence-corrected chi connectivity index (χ0v) is 13.4. The maximum atomic E-state index is 11.5. The lowest BCUT2D eigenvalue weighted by Crippen LogP contribution is -2.13. The summed E-state index contributed by atoms with van der Waals surface area (Å²) in [7, 11) is -4.68. The summed E-state index contributed by atoms with van der Waals surface area (Å²) in [6.45, 7) is 5.00. The van der Waals surface area contributed by atoms with Crippen LogP contribution in [-0.2, 0) is 19.1 Å². The maximum Gasteiger partial charge on any atom is 0.238 e. The van der Waals surface area contributed by atoms with Crippen molar-refractivity contribution in [2.45, 2.75) is 18.7 Å². The van der Waals surface area contributed by atoms with Crippen molar-refractivity contribution in [3.05, 3.63) is 35.9 Å². The van der Waals surface area contributed by atoms with Gasteiger partial charge in [0.25, 0.3) is 0 Å². The molecule has 1 rings (SSSR count). The molecule has 0 aliphatic heterocycles. The molecule has 112 valence electrons. The summed E-state index contributed by atoms with van der Waals surface area (Å²) < 4.78 is 33.8. The second-order valence-corrected chi connectivity index (χ2v) is 6.91. The van der Waals surface area contributed by atoms with Crippen LogP contribution in [0.1, 0.15) is 19.4 Å². The Kier molecular flexibility index (Phi) is 7.34. The first-order chi connectivity index (χ1) is 9.49. The van der Waals surface area contributed by atoms with Gasteiger partial charge in [0.15, 0.2) is 8.38 Å². The Morgan fingerprint density at radius 1 is 1.20 bits per heavy atom. The van der Waals surface area contributed by atoms with Crippen molar-refractivity contribution in [2.24, 2.45) is 5.14 Å². The normalized spacial score (nSPS) is 12.4. The standard InChI is InChI=1S/C13H20NO4PS/c1-3-17-19(18-4-2)11-7-9-12-8-5-6-10-13(12)20(14,15)16/h5-10H,3-4,11H2,1-2H3,(H2,14,15,16). The van der Waals surface area contributed by atoms with Crippen LogP contribution in [0.4, 0.5) is 0 Å². The van der Waals surface area contributed by atoms with E-state index in [4.69, 9.17) is 14.2 Å². The van der Waals surface area contributed by atoms with Gasteiger partial charge in [0.1, 0.15) is 0 Å². The second-order valence-electron chi connectivity index (χ2n) is 3.84. The molecule has 0 bridgehead atoms. The Hall–Kier alpha value is -0.780. The molecule has 0 radical (unpaired) electrons. The molecule has 1 aromatic rings. The minimum Gasteiger partial charge on any atom is -0.334 e. The van der Waals surface area contributed by atoms with Crippen molar-refractivity contribution in [1.29, 1.82) is 0 Å². The summed E-state index contributed by atoms with van der Waals surface area (Å²) in [4.78, 5) is 0.119. The Labute approximate surface area is 121 Å². The second kappa shape index (κ2) is 8.49. The van der Waals surface area contributed by atoms with Crippen molar-refractivity contribution in [3.8, 4) is 0 Å². The minimum absolute atomic E-state index is 0.119. The largest absolute Gasteiger partial charge is 0.334 e. The van der Waals surface area contributed by atoms with Crippen molar-refractivity contribution >= 4 is 24.5 Å². The predicted octanol–water partition coefficient (Wildman–Crippen LogP) is 2.73. The summed E-state index contributed by atoms with van der Waals surface area (Å²) in [6.07, 6.45) is 4.18. The van der Waals surface area contributed by atoms with E-state index in [9.17, 15) is 8.42 Å². The molecule has 20 heavy (non-hydrogen) atoms. The van der Waals surface area contributed by atoms with Gasteiger partial charge in [-0.1, -0.05) is 30.4 Å². The highest BCUT2D eigenvalue weighted by Gasteiger charge is 2.11. The quantitative estimate of drug-likeness (QED) is 0.748. The van der Waals surface area contributed by atoms with Crippen LogP contribution >= 0.6 is 8.38 Å². The van der Waals surface area contributed by atoms with Gasteiger partial charge in [0.2, 0.25) is 10.0 Å². The molecule has 0 unspecified atom stereocenters. The summed E-state index contributed by atoms with van der Waals surface area (Å²) in [5.41, 5.74) is 0.568. The molecule has 0 atom stereocenters. The summed E-state index contributed by atoms with van der Waals surface area (Å²) in [6, 6.07) is 6.61. The molecule has 0 spiro atoms. The van der Waals surface area contributed by atoms with Gasteiger partial charge in [-0.15, -0.1) is 0 Å². The van der Waals surface area contributed by atoms with E-state index < -0.39 is 18.4 Å². The van der Waals surface area contributed by atoms with Crippen LogP contribution in [0, 0.1) is 0 Å². The number of allylic oxidation sites excluding steroid dienone is 1. The van der Waals surface area contributed by atoms with Crippen LogP contribution in [-0.4, -0.2) is 27.8 Å². The van der Waals surface area contributed by atoms with Crippen molar-refractivity contribution in [1.82, 2.24) is 0 Å². The van der Waals surface area contributed by atoms with Crippen LogP contribution in [0.3, 0.4) is 0 Å². The van der Waals surface area contributed by atoms with Crippen molar-refractivity contribution in [2.75, 3.05) is 19.4 Å². The zero-order valence-electron chi connectivity index (χ0n) is 11.7. The predicted molar refractivity (Wildman–Crippen MR) is 81.9 cm³/mol. The minimum atomic E-state index is -3.71. The topological polar surface area (TPSA) is 78.6 Å². The molecule has 5 nitrogen and oxygen atoms in total. The van der Waals surface area contributed by atoms with Crippen LogP contribution in [0.5, 0.6) is 0 Å². The SMILES string of the molecule is CCOP(CC=Cc1ccccc1S(N)(=O)=O)OCC. The highest BCUT2D eigenvalue weighted by atomic mass is 32.2. The van der Waals surface area contributed by atoms with E-state index in [0.717, 1.165) is 0 Å². The van der Waals surface area contributed by atoms with E-state index in [1.807, 2.05) is 19.9 Å². The number of hydrogen-bond acceptors (Lipinski definition) is 4. The van der Waals surface area contributed by atoms with Gasteiger partial charge < -0.3 is 9.05 Å². The lowest BCUT2D eigenvalue weighted by Gasteiger charge is -2.13. The molecule has 1 aromatic carbocycles. The molecule has 0 amide bonds. The Balaban J connectivity index is 2.80. The summed E-state index contributed by atoms with van der Waals surface area (Å²) in [5, 5.41) is 5.18. The molecule has 0 heterocycles. The fraction of sp³-hybridized carbons (Fsp3) is 0.385. The van der Waals surface area contributed by atoms with Gasteiger partial charge in [0, 0.05) is 6.16 Å². The van der Waals surface area contributed by atoms with Gasteiger partial charge >= 0.3 is 0 Å². The average molecular weight is 317 g/mol. The molecule has 0 saturated carbocycles. The third kappa shape index (κ3) is 5.69. The molecule has 0 aliphatic carbocycles. The van der Waals surface area contributed by atoms with Gasteiger partial charge in [-0.3, -0.25) is 0 Å². The molecular weight excluding hydrogens is 297 g/mol. The molecule has 0 aromatic heterocycles. The first kappa shape index (κ1) is 17.3. The zero-order chi connectivity index (χ0) is 15.0. The molecule has 0 aliphatic rings. The first-order valence-electron chi connectivity index (χ1n) is 6.30. The number of primary sulfonamides is 1. The number of rotatable bonds is 8. The van der Waals surface area contributed by atoms with Gasteiger partial charge in [-0.05, 0) is 25.5 Å². The Morgan fingerprint density at radius 2 is 1.80 bits per heavy atom. The highest BCUT2D eigenvalue weighted by Crippen LogP contribution is 2.38. The number of nitrogens with two attached hydrogens (primary N) is 1. The maximum absolute atomic E-state index is 11.5. The lowest BCUT2D eigenvalue weighted by atomic mass is 10.2. The molecule has 0 fully saturated rings. The monoisotopic (exact) mass is 317 g/mol. The lowest BCUT2D eigenvalue weighted by molar-refractivity contribution is 0.271. The third-order valence-corrected chi connectivity index (χ3v) is 4.91. The van der Waals surface area contributed by atoms with Crippen LogP contribution in [0.15, 0.2) is 35.2 Å². The van der Waals surface area contributed by atoms with E-state index in [0.29, 0.717) is 24.9 Å². The molecular formula is C13H20NO4PS. The van der Waals surface area contributed by atoms with Gasteiger partial charge in [0.05, 0.1) is 18.1 Å². The van der Waals surface area contributed by atoms with Gasteiger partial charge in [-0.25, -0.2) is 13.6 Å². The van der Waals surface area contributed by atoms with Crippen LogP contribution in [0.2, 0.25) is 0 Å². The molecule has 2 N–H and O–H groups in total. The average Bonchev–Trinajstić information content (AvgIpc) is 2.38. The van der Waals surface area contributed by atoms with E-state index in [1.54, 1.807) is 24.3 Å². The number of hydrogen-bond donors (Lipinski definition) is 1. The first-order valence-corrected chi connectivity index (χ1v) is 9.21. The van der Waals surface area contributed by atoms with E-state index in [-0.39, 0.29) is 4.90 Å².